The Morgan fingerprint density at radius 2 is 1.88 bits per heavy atom. The number of fused-ring (bicyclic) bond motifs is 3. The molecule has 16 heavy (non-hydrogen) atoms. The van der Waals surface area contributed by atoms with E-state index in [0.717, 1.165) is 23.7 Å². The van der Waals surface area contributed by atoms with Crippen LogP contribution in [0.2, 0.25) is 0 Å². The molecular formula is C16H24. The van der Waals surface area contributed by atoms with Crippen LogP contribution in [-0.2, 0) is 0 Å². The molecule has 0 aromatic carbocycles. The summed E-state index contributed by atoms with van der Waals surface area (Å²) in [4.78, 5) is 0. The van der Waals surface area contributed by atoms with Crippen LogP contribution >= 0.6 is 0 Å². The third kappa shape index (κ3) is 1.67. The zero-order valence-corrected chi connectivity index (χ0v) is 10.5. The van der Waals surface area contributed by atoms with Crippen molar-refractivity contribution in [3.8, 4) is 0 Å². The quantitative estimate of drug-likeness (QED) is 0.549. The van der Waals surface area contributed by atoms with Gasteiger partial charge < -0.3 is 0 Å². The van der Waals surface area contributed by atoms with Gasteiger partial charge in [-0.1, -0.05) is 43.1 Å². The van der Waals surface area contributed by atoms with Crippen LogP contribution < -0.4 is 0 Å². The van der Waals surface area contributed by atoms with Crippen LogP contribution in [-0.4, -0.2) is 0 Å². The maximum atomic E-state index is 4.22. The van der Waals surface area contributed by atoms with Crippen molar-refractivity contribution in [2.45, 2.75) is 51.9 Å². The van der Waals surface area contributed by atoms with E-state index in [1.165, 1.54) is 50.5 Å². The lowest BCUT2D eigenvalue weighted by atomic mass is 9.57. The van der Waals surface area contributed by atoms with Gasteiger partial charge in [0.05, 0.1) is 0 Å². The second-order valence-electron chi connectivity index (χ2n) is 6.31. The summed E-state index contributed by atoms with van der Waals surface area (Å²) >= 11 is 0. The smallest absolute Gasteiger partial charge is 0.0168 e. The van der Waals surface area contributed by atoms with E-state index in [1.807, 2.05) is 0 Å². The standard InChI is InChI=1S/C16H24/c1-11-9-12(2)14-8-7-13-5-3-4-6-15(13)16(14)10-11/h9,13-16H,1,3-8,10H2,2H3. The largest absolute Gasteiger partial charge is 0.0958 e. The highest BCUT2D eigenvalue weighted by Gasteiger charge is 2.41. The topological polar surface area (TPSA) is 0 Å². The Morgan fingerprint density at radius 1 is 1.06 bits per heavy atom. The second-order valence-corrected chi connectivity index (χ2v) is 6.31. The van der Waals surface area contributed by atoms with Gasteiger partial charge in [-0.25, -0.2) is 0 Å². The molecule has 3 aliphatic carbocycles. The van der Waals surface area contributed by atoms with Crippen LogP contribution in [0.25, 0.3) is 0 Å². The van der Waals surface area contributed by atoms with Crippen molar-refractivity contribution in [2.75, 3.05) is 0 Å². The van der Waals surface area contributed by atoms with Gasteiger partial charge in [0.1, 0.15) is 0 Å². The Balaban J connectivity index is 1.86. The van der Waals surface area contributed by atoms with Crippen LogP contribution in [0.3, 0.4) is 0 Å². The number of rotatable bonds is 0. The summed E-state index contributed by atoms with van der Waals surface area (Å²) in [6.07, 6.45) is 12.6. The summed E-state index contributed by atoms with van der Waals surface area (Å²) in [6, 6.07) is 0. The molecular weight excluding hydrogens is 192 g/mol. The van der Waals surface area contributed by atoms with Gasteiger partial charge in [0.2, 0.25) is 0 Å². The summed E-state index contributed by atoms with van der Waals surface area (Å²) in [5, 5.41) is 0. The van der Waals surface area contributed by atoms with E-state index >= 15 is 0 Å². The molecule has 0 spiro atoms. The zero-order valence-electron chi connectivity index (χ0n) is 10.5. The molecule has 0 aliphatic heterocycles. The summed E-state index contributed by atoms with van der Waals surface area (Å²) in [7, 11) is 0. The third-order valence-electron chi connectivity index (χ3n) is 5.40. The molecule has 0 N–H and O–H groups in total. The van der Waals surface area contributed by atoms with Crippen molar-refractivity contribution >= 4 is 0 Å². The summed E-state index contributed by atoms with van der Waals surface area (Å²) in [6.45, 7) is 6.56. The molecule has 3 rings (SSSR count). The fraction of sp³-hybridized carbons (Fsp3) is 0.750. The van der Waals surface area contributed by atoms with Crippen LogP contribution in [0.5, 0.6) is 0 Å². The Labute approximate surface area is 99.8 Å². The van der Waals surface area contributed by atoms with Crippen molar-refractivity contribution < 1.29 is 0 Å². The first-order valence-corrected chi connectivity index (χ1v) is 7.11. The van der Waals surface area contributed by atoms with Gasteiger partial charge in [-0.3, -0.25) is 0 Å². The van der Waals surface area contributed by atoms with Crippen LogP contribution in [0.15, 0.2) is 23.8 Å². The van der Waals surface area contributed by atoms with Crippen molar-refractivity contribution in [3.05, 3.63) is 23.8 Å². The second kappa shape index (κ2) is 4.05. The third-order valence-corrected chi connectivity index (χ3v) is 5.40. The molecule has 2 saturated carbocycles. The maximum Gasteiger partial charge on any atom is -0.0168 e. The molecule has 2 fully saturated rings. The molecule has 4 atom stereocenters. The van der Waals surface area contributed by atoms with E-state index in [-0.39, 0.29) is 0 Å². The Bertz CT molecular complexity index is 323. The first-order chi connectivity index (χ1) is 7.75. The number of hydrogen-bond donors (Lipinski definition) is 0. The molecule has 0 amide bonds. The predicted octanol–water partition coefficient (Wildman–Crippen LogP) is 4.73. The highest BCUT2D eigenvalue weighted by molar-refractivity contribution is 5.28. The minimum atomic E-state index is 0.907. The van der Waals surface area contributed by atoms with E-state index in [9.17, 15) is 0 Å². The molecule has 0 heterocycles. The molecule has 0 nitrogen and oxygen atoms in total. The van der Waals surface area contributed by atoms with Gasteiger partial charge in [0.15, 0.2) is 0 Å². The van der Waals surface area contributed by atoms with Crippen molar-refractivity contribution in [2.24, 2.45) is 23.7 Å². The fourth-order valence-electron chi connectivity index (χ4n) is 4.71. The molecule has 3 aliphatic rings. The van der Waals surface area contributed by atoms with Gasteiger partial charge in [0, 0.05) is 0 Å². The lowest BCUT2D eigenvalue weighted by Crippen LogP contribution is -2.38. The Hall–Kier alpha value is -0.520. The first kappa shape index (κ1) is 10.6. The molecule has 4 unspecified atom stereocenters. The van der Waals surface area contributed by atoms with E-state index < -0.39 is 0 Å². The monoisotopic (exact) mass is 216 g/mol. The zero-order chi connectivity index (χ0) is 11.1. The molecule has 0 radical (unpaired) electrons. The highest BCUT2D eigenvalue weighted by Crippen LogP contribution is 2.52. The van der Waals surface area contributed by atoms with Gasteiger partial charge >= 0.3 is 0 Å². The van der Waals surface area contributed by atoms with E-state index in [4.69, 9.17) is 0 Å². The molecule has 0 bridgehead atoms. The van der Waals surface area contributed by atoms with Gasteiger partial charge in [0.25, 0.3) is 0 Å². The van der Waals surface area contributed by atoms with Gasteiger partial charge in [-0.05, 0) is 56.3 Å². The minimum Gasteiger partial charge on any atom is -0.0958 e. The van der Waals surface area contributed by atoms with Crippen LogP contribution in [0.4, 0.5) is 0 Å². The van der Waals surface area contributed by atoms with Crippen LogP contribution in [0, 0.1) is 23.7 Å². The van der Waals surface area contributed by atoms with E-state index in [1.54, 1.807) is 5.57 Å². The minimum absolute atomic E-state index is 0.907. The van der Waals surface area contributed by atoms with Crippen molar-refractivity contribution in [3.63, 3.8) is 0 Å². The van der Waals surface area contributed by atoms with Gasteiger partial charge in [-0.15, -0.1) is 0 Å². The molecule has 0 aromatic rings. The SMILES string of the molecule is C=C1C=C(C)C2CCC3CCCCC3C2C1. The number of allylic oxidation sites excluding steroid dienone is 3. The van der Waals surface area contributed by atoms with E-state index in [0.29, 0.717) is 0 Å². The molecule has 0 saturated heterocycles. The lowest BCUT2D eigenvalue weighted by Gasteiger charge is -2.48. The average molecular weight is 216 g/mol. The van der Waals surface area contributed by atoms with Crippen molar-refractivity contribution in [1.29, 1.82) is 0 Å². The highest BCUT2D eigenvalue weighted by atomic mass is 14.5. The molecule has 88 valence electrons. The Kier molecular flexibility index (Phi) is 2.69. The van der Waals surface area contributed by atoms with Crippen molar-refractivity contribution in [1.82, 2.24) is 0 Å². The van der Waals surface area contributed by atoms with Crippen LogP contribution in [0.1, 0.15) is 51.9 Å². The van der Waals surface area contributed by atoms with Gasteiger partial charge in [-0.2, -0.15) is 0 Å². The molecule has 0 heteroatoms. The average Bonchev–Trinajstić information content (AvgIpc) is 2.28. The molecule has 0 aromatic heterocycles. The Morgan fingerprint density at radius 3 is 2.75 bits per heavy atom. The van der Waals surface area contributed by atoms with E-state index in [2.05, 4.69) is 19.6 Å². The maximum absolute atomic E-state index is 4.22. The summed E-state index contributed by atoms with van der Waals surface area (Å²) < 4.78 is 0. The normalized spacial score (nSPS) is 43.3. The predicted molar refractivity (Wildman–Crippen MR) is 69.2 cm³/mol. The lowest BCUT2D eigenvalue weighted by molar-refractivity contribution is 0.0664. The number of hydrogen-bond acceptors (Lipinski definition) is 0. The summed E-state index contributed by atoms with van der Waals surface area (Å²) in [5.74, 6) is 3.96. The summed E-state index contributed by atoms with van der Waals surface area (Å²) in [5.41, 5.74) is 3.02. The first-order valence-electron chi connectivity index (χ1n) is 7.11. The fourth-order valence-corrected chi connectivity index (χ4v) is 4.71.